The third kappa shape index (κ3) is 1.52. The summed E-state index contributed by atoms with van der Waals surface area (Å²) < 4.78 is 1.04. The van der Waals surface area contributed by atoms with Gasteiger partial charge in [-0.25, -0.2) is 15.0 Å². The van der Waals surface area contributed by atoms with Crippen LogP contribution in [0.3, 0.4) is 0 Å². The van der Waals surface area contributed by atoms with Crippen molar-refractivity contribution in [1.82, 2.24) is 15.0 Å². The Balaban J connectivity index is 2.38. The number of hydrogen-bond donors (Lipinski definition) is 0. The molecular weight excluding hydrogens is 250 g/mol. The lowest BCUT2D eigenvalue weighted by atomic mass is 10.3. The lowest BCUT2D eigenvalue weighted by Gasteiger charge is -1.98. The highest BCUT2D eigenvalue weighted by atomic mass is 35.5. The zero-order valence-electron chi connectivity index (χ0n) is 7.35. The van der Waals surface area contributed by atoms with Crippen molar-refractivity contribution in [2.75, 3.05) is 0 Å². The number of halogens is 1. The summed E-state index contributed by atoms with van der Waals surface area (Å²) in [5, 5.41) is 5.05. The van der Waals surface area contributed by atoms with E-state index in [-0.39, 0.29) is 5.28 Å². The minimum Gasteiger partial charge on any atom is -0.243 e. The predicted octanol–water partition coefficient (Wildman–Crippen LogP) is 3.47. The molecule has 0 radical (unpaired) electrons. The van der Waals surface area contributed by atoms with Gasteiger partial charge in [0.2, 0.25) is 5.28 Å². The van der Waals surface area contributed by atoms with Gasteiger partial charge in [0.05, 0.1) is 10.2 Å². The first kappa shape index (κ1) is 9.21. The smallest absolute Gasteiger partial charge is 0.223 e. The molecule has 0 atom stereocenters. The van der Waals surface area contributed by atoms with Gasteiger partial charge in [-0.15, -0.1) is 22.7 Å². The molecule has 0 saturated heterocycles. The van der Waals surface area contributed by atoms with Crippen molar-refractivity contribution in [3.63, 3.8) is 0 Å². The Morgan fingerprint density at radius 2 is 2.07 bits per heavy atom. The number of fused-ring (bicyclic) bond motifs is 1. The molecule has 0 aliphatic heterocycles. The summed E-state index contributed by atoms with van der Waals surface area (Å²) in [5.74, 6) is 0. The van der Waals surface area contributed by atoms with Gasteiger partial charge in [0, 0.05) is 11.6 Å². The summed E-state index contributed by atoms with van der Waals surface area (Å²) in [4.78, 5) is 12.6. The highest BCUT2D eigenvalue weighted by molar-refractivity contribution is 7.18. The third-order valence-corrected chi connectivity index (χ3v) is 3.77. The van der Waals surface area contributed by atoms with E-state index in [2.05, 4.69) is 15.0 Å². The molecule has 0 fully saturated rings. The maximum absolute atomic E-state index is 5.86. The van der Waals surface area contributed by atoms with Crippen LogP contribution in [0.5, 0.6) is 0 Å². The van der Waals surface area contributed by atoms with Crippen LogP contribution in [0.2, 0.25) is 5.28 Å². The van der Waals surface area contributed by atoms with Crippen LogP contribution in [0, 0.1) is 0 Å². The van der Waals surface area contributed by atoms with Crippen LogP contribution >= 0.6 is 34.3 Å². The number of rotatable bonds is 1. The molecule has 0 aliphatic rings. The van der Waals surface area contributed by atoms with Crippen LogP contribution in [0.15, 0.2) is 23.0 Å². The van der Waals surface area contributed by atoms with E-state index in [0.717, 1.165) is 20.9 Å². The van der Waals surface area contributed by atoms with E-state index in [1.807, 2.05) is 16.8 Å². The van der Waals surface area contributed by atoms with E-state index in [1.165, 1.54) is 0 Å². The normalized spacial score (nSPS) is 11.0. The Bertz CT molecular complexity index is 603. The SMILES string of the molecule is Clc1nc(-c2nccs2)c2sccc2n1. The highest BCUT2D eigenvalue weighted by Crippen LogP contribution is 2.31. The quantitative estimate of drug-likeness (QED) is 0.624. The number of aromatic nitrogens is 3. The van der Waals surface area contributed by atoms with E-state index in [0.29, 0.717) is 0 Å². The van der Waals surface area contributed by atoms with E-state index < -0.39 is 0 Å². The number of thiophene rings is 1. The van der Waals surface area contributed by atoms with Gasteiger partial charge in [0.25, 0.3) is 0 Å². The van der Waals surface area contributed by atoms with Crippen molar-refractivity contribution < 1.29 is 0 Å². The van der Waals surface area contributed by atoms with Gasteiger partial charge in [0.15, 0.2) is 0 Å². The fourth-order valence-electron chi connectivity index (χ4n) is 1.32. The molecule has 3 aromatic rings. The van der Waals surface area contributed by atoms with Crippen LogP contribution in [-0.2, 0) is 0 Å². The Kier molecular flexibility index (Phi) is 2.16. The topological polar surface area (TPSA) is 38.7 Å². The van der Waals surface area contributed by atoms with Gasteiger partial charge < -0.3 is 0 Å². The lowest BCUT2D eigenvalue weighted by molar-refractivity contribution is 1.22. The fraction of sp³-hybridized carbons (Fsp3) is 0. The molecule has 3 rings (SSSR count). The summed E-state index contributed by atoms with van der Waals surface area (Å²) in [6, 6.07) is 1.94. The Labute approximate surface area is 98.4 Å². The molecule has 15 heavy (non-hydrogen) atoms. The van der Waals surface area contributed by atoms with E-state index >= 15 is 0 Å². The first-order valence-electron chi connectivity index (χ1n) is 4.15. The molecule has 0 saturated carbocycles. The van der Waals surface area contributed by atoms with E-state index in [9.17, 15) is 0 Å². The average molecular weight is 254 g/mol. The Morgan fingerprint density at radius 1 is 1.13 bits per heavy atom. The summed E-state index contributed by atoms with van der Waals surface area (Å²) in [5.41, 5.74) is 1.71. The van der Waals surface area contributed by atoms with Gasteiger partial charge in [0.1, 0.15) is 10.7 Å². The highest BCUT2D eigenvalue weighted by Gasteiger charge is 2.11. The summed E-state index contributed by atoms with van der Waals surface area (Å²) in [6.45, 7) is 0. The van der Waals surface area contributed by atoms with Crippen LogP contribution in [0.4, 0.5) is 0 Å². The van der Waals surface area contributed by atoms with E-state index in [4.69, 9.17) is 11.6 Å². The predicted molar refractivity (Wildman–Crippen MR) is 63.5 cm³/mol. The van der Waals surface area contributed by atoms with E-state index in [1.54, 1.807) is 28.9 Å². The second kappa shape index (κ2) is 3.52. The third-order valence-electron chi connectivity index (χ3n) is 1.91. The molecule has 0 bridgehead atoms. The Morgan fingerprint density at radius 3 is 2.87 bits per heavy atom. The summed E-state index contributed by atoms with van der Waals surface area (Å²) in [7, 11) is 0. The van der Waals surface area contributed by atoms with Crippen LogP contribution in [-0.4, -0.2) is 15.0 Å². The number of hydrogen-bond acceptors (Lipinski definition) is 5. The number of nitrogens with zero attached hydrogens (tertiary/aromatic N) is 3. The van der Waals surface area contributed by atoms with Crippen molar-refractivity contribution in [3.8, 4) is 10.7 Å². The van der Waals surface area contributed by atoms with Crippen LogP contribution in [0.1, 0.15) is 0 Å². The summed E-state index contributed by atoms with van der Waals surface area (Å²) >= 11 is 9.01. The number of thiazole rings is 1. The van der Waals surface area contributed by atoms with Crippen LogP contribution in [0.25, 0.3) is 20.9 Å². The summed E-state index contributed by atoms with van der Waals surface area (Å²) in [6.07, 6.45) is 1.76. The molecule has 0 amide bonds. The Hall–Kier alpha value is -1.04. The molecular formula is C9H4ClN3S2. The van der Waals surface area contributed by atoms with Crippen molar-refractivity contribution >= 4 is 44.5 Å². The molecule has 3 heterocycles. The van der Waals surface area contributed by atoms with Crippen molar-refractivity contribution in [1.29, 1.82) is 0 Å². The van der Waals surface area contributed by atoms with Gasteiger partial charge in [-0.3, -0.25) is 0 Å². The standard InChI is InChI=1S/C9H4ClN3S2/c10-9-12-5-1-3-14-7(5)6(13-9)8-11-2-4-15-8/h1-4H. The minimum atomic E-state index is 0.270. The fourth-order valence-corrected chi connectivity index (χ4v) is 3.01. The molecule has 0 N–H and O–H groups in total. The van der Waals surface area contributed by atoms with Crippen molar-refractivity contribution in [3.05, 3.63) is 28.3 Å². The monoisotopic (exact) mass is 253 g/mol. The van der Waals surface area contributed by atoms with Gasteiger partial charge >= 0.3 is 0 Å². The second-order valence-electron chi connectivity index (χ2n) is 2.81. The molecule has 6 heteroatoms. The molecule has 0 unspecified atom stereocenters. The van der Waals surface area contributed by atoms with Crippen molar-refractivity contribution in [2.45, 2.75) is 0 Å². The first-order chi connectivity index (χ1) is 7.34. The lowest BCUT2D eigenvalue weighted by Crippen LogP contribution is -1.87. The maximum atomic E-state index is 5.86. The second-order valence-corrected chi connectivity index (χ2v) is 4.96. The first-order valence-corrected chi connectivity index (χ1v) is 6.29. The minimum absolute atomic E-state index is 0.270. The average Bonchev–Trinajstić information content (AvgIpc) is 2.86. The van der Waals surface area contributed by atoms with Gasteiger partial charge in [-0.05, 0) is 23.0 Å². The van der Waals surface area contributed by atoms with Gasteiger partial charge in [-0.1, -0.05) is 0 Å². The zero-order chi connectivity index (χ0) is 10.3. The van der Waals surface area contributed by atoms with Gasteiger partial charge in [-0.2, -0.15) is 0 Å². The van der Waals surface area contributed by atoms with Crippen molar-refractivity contribution in [2.24, 2.45) is 0 Å². The molecule has 74 valence electrons. The molecule has 3 nitrogen and oxygen atoms in total. The van der Waals surface area contributed by atoms with Crippen LogP contribution < -0.4 is 0 Å². The molecule has 3 aromatic heterocycles. The molecule has 0 spiro atoms. The molecule has 0 aliphatic carbocycles. The zero-order valence-corrected chi connectivity index (χ0v) is 9.73. The maximum Gasteiger partial charge on any atom is 0.223 e. The molecule has 0 aromatic carbocycles. The largest absolute Gasteiger partial charge is 0.243 e.